The van der Waals surface area contributed by atoms with E-state index in [0.29, 0.717) is 11.5 Å². The highest BCUT2D eigenvalue weighted by Crippen LogP contribution is 2.39. The van der Waals surface area contributed by atoms with E-state index in [2.05, 4.69) is 0 Å². The Morgan fingerprint density at radius 3 is 1.71 bits per heavy atom. The van der Waals surface area contributed by atoms with Crippen molar-refractivity contribution in [3.8, 4) is 34.8 Å². The van der Waals surface area contributed by atoms with Gasteiger partial charge in [0.2, 0.25) is 0 Å². The molecule has 1 aliphatic rings. The zero-order valence-corrected chi connectivity index (χ0v) is 11.3. The zero-order chi connectivity index (χ0) is 14.7. The largest absolute Gasteiger partial charge is 0.479 e. The first-order chi connectivity index (χ1) is 10.3. The van der Waals surface area contributed by atoms with Gasteiger partial charge in [0.1, 0.15) is 23.6 Å². The van der Waals surface area contributed by atoms with E-state index in [1.54, 1.807) is 0 Å². The smallest absolute Gasteiger partial charge is 0.174 e. The standard InChI is InChI=1S/C17H12N2O2/c18-5-7-20-14-1-3-16-12(10-14)9-13-11-15(21-8-6-19)2-4-17(13)16/h1-4,10-11H,7-9H2. The molecule has 0 atom stereocenters. The molecule has 0 heterocycles. The van der Waals surface area contributed by atoms with Crippen molar-refractivity contribution in [3.05, 3.63) is 47.5 Å². The van der Waals surface area contributed by atoms with Gasteiger partial charge in [-0.3, -0.25) is 0 Å². The Morgan fingerprint density at radius 2 is 1.29 bits per heavy atom. The van der Waals surface area contributed by atoms with Gasteiger partial charge in [0.15, 0.2) is 13.2 Å². The lowest BCUT2D eigenvalue weighted by atomic mass is 10.1. The highest BCUT2D eigenvalue weighted by molar-refractivity contribution is 5.78. The second-order valence-corrected chi connectivity index (χ2v) is 4.71. The van der Waals surface area contributed by atoms with Crippen molar-refractivity contribution in [1.29, 1.82) is 10.5 Å². The summed E-state index contributed by atoms with van der Waals surface area (Å²) in [6.45, 7) is 0.107. The van der Waals surface area contributed by atoms with Crippen molar-refractivity contribution < 1.29 is 9.47 Å². The number of fused-ring (bicyclic) bond motifs is 3. The molecule has 0 saturated heterocycles. The van der Waals surface area contributed by atoms with Crippen LogP contribution in [0.1, 0.15) is 11.1 Å². The SMILES string of the molecule is N#CCOc1ccc2c(c1)Cc1cc(OCC#N)ccc1-2. The Bertz CT molecular complexity index is 704. The number of nitrogens with zero attached hydrogens (tertiary/aromatic N) is 2. The summed E-state index contributed by atoms with van der Waals surface area (Å²) in [5.74, 6) is 1.42. The molecule has 0 N–H and O–H groups in total. The Kier molecular flexibility index (Phi) is 3.45. The van der Waals surface area contributed by atoms with Crippen LogP contribution in [0.2, 0.25) is 0 Å². The van der Waals surface area contributed by atoms with Crippen LogP contribution in [0.3, 0.4) is 0 Å². The summed E-state index contributed by atoms with van der Waals surface area (Å²) < 4.78 is 10.7. The topological polar surface area (TPSA) is 66.0 Å². The minimum atomic E-state index is 0.0535. The molecule has 102 valence electrons. The molecular weight excluding hydrogens is 264 g/mol. The molecule has 0 bridgehead atoms. The van der Waals surface area contributed by atoms with Gasteiger partial charge in [-0.05, 0) is 52.9 Å². The first kappa shape index (κ1) is 13.0. The second kappa shape index (κ2) is 5.56. The number of ether oxygens (including phenoxy) is 2. The zero-order valence-electron chi connectivity index (χ0n) is 11.3. The number of hydrogen-bond donors (Lipinski definition) is 0. The van der Waals surface area contributed by atoms with E-state index < -0.39 is 0 Å². The molecule has 21 heavy (non-hydrogen) atoms. The first-order valence-electron chi connectivity index (χ1n) is 6.57. The fourth-order valence-corrected chi connectivity index (χ4v) is 2.57. The molecule has 0 aliphatic heterocycles. The van der Waals surface area contributed by atoms with Gasteiger partial charge < -0.3 is 9.47 Å². The lowest BCUT2D eigenvalue weighted by Crippen LogP contribution is -1.94. The average molecular weight is 276 g/mol. The van der Waals surface area contributed by atoms with Crippen molar-refractivity contribution in [2.24, 2.45) is 0 Å². The van der Waals surface area contributed by atoms with Gasteiger partial charge >= 0.3 is 0 Å². The molecule has 0 aromatic heterocycles. The summed E-state index contributed by atoms with van der Waals surface area (Å²) in [4.78, 5) is 0. The third-order valence-corrected chi connectivity index (χ3v) is 3.43. The molecule has 3 rings (SSSR count). The molecular formula is C17H12N2O2. The number of benzene rings is 2. The van der Waals surface area contributed by atoms with Crippen LogP contribution in [-0.2, 0) is 6.42 Å². The van der Waals surface area contributed by atoms with Gasteiger partial charge in [0.05, 0.1) is 0 Å². The predicted molar refractivity (Wildman–Crippen MR) is 76.9 cm³/mol. The Hall–Kier alpha value is -2.98. The summed E-state index contributed by atoms with van der Waals surface area (Å²) >= 11 is 0. The van der Waals surface area contributed by atoms with E-state index in [4.69, 9.17) is 20.0 Å². The Morgan fingerprint density at radius 1 is 0.810 bits per heavy atom. The van der Waals surface area contributed by atoms with Gasteiger partial charge in [-0.1, -0.05) is 12.1 Å². The van der Waals surface area contributed by atoms with Crippen LogP contribution in [0, 0.1) is 22.7 Å². The van der Waals surface area contributed by atoms with Crippen LogP contribution in [0.15, 0.2) is 36.4 Å². The van der Waals surface area contributed by atoms with Crippen LogP contribution in [-0.4, -0.2) is 13.2 Å². The monoisotopic (exact) mass is 276 g/mol. The number of hydrogen-bond acceptors (Lipinski definition) is 4. The van der Waals surface area contributed by atoms with E-state index in [1.807, 2.05) is 48.5 Å². The predicted octanol–water partition coefficient (Wildman–Crippen LogP) is 3.06. The minimum Gasteiger partial charge on any atom is -0.479 e. The maximum atomic E-state index is 8.55. The van der Waals surface area contributed by atoms with E-state index in [9.17, 15) is 0 Å². The van der Waals surface area contributed by atoms with Crippen molar-refractivity contribution in [1.82, 2.24) is 0 Å². The fraction of sp³-hybridized carbons (Fsp3) is 0.176. The van der Waals surface area contributed by atoms with Crippen LogP contribution in [0.4, 0.5) is 0 Å². The molecule has 0 fully saturated rings. The summed E-state index contributed by atoms with van der Waals surface area (Å²) in [7, 11) is 0. The molecule has 1 aliphatic carbocycles. The molecule has 0 spiro atoms. The minimum absolute atomic E-state index is 0.0535. The van der Waals surface area contributed by atoms with E-state index in [1.165, 1.54) is 22.3 Å². The van der Waals surface area contributed by atoms with Crippen LogP contribution < -0.4 is 9.47 Å². The lowest BCUT2D eigenvalue weighted by molar-refractivity contribution is 0.368. The van der Waals surface area contributed by atoms with Gasteiger partial charge in [-0.25, -0.2) is 0 Å². The highest BCUT2D eigenvalue weighted by atomic mass is 16.5. The summed E-state index contributed by atoms with van der Waals surface area (Å²) in [5.41, 5.74) is 4.72. The van der Waals surface area contributed by atoms with E-state index in [-0.39, 0.29) is 13.2 Å². The van der Waals surface area contributed by atoms with Crippen molar-refractivity contribution in [3.63, 3.8) is 0 Å². The lowest BCUT2D eigenvalue weighted by Gasteiger charge is -2.06. The summed E-state index contributed by atoms with van der Waals surface area (Å²) in [5, 5.41) is 17.1. The van der Waals surface area contributed by atoms with Gasteiger partial charge in [0.25, 0.3) is 0 Å². The quantitative estimate of drug-likeness (QED) is 0.734. The van der Waals surface area contributed by atoms with Crippen molar-refractivity contribution in [2.75, 3.05) is 13.2 Å². The van der Waals surface area contributed by atoms with Crippen LogP contribution in [0.5, 0.6) is 11.5 Å². The molecule has 2 aromatic carbocycles. The van der Waals surface area contributed by atoms with Gasteiger partial charge in [-0.15, -0.1) is 0 Å². The number of nitriles is 2. The van der Waals surface area contributed by atoms with E-state index in [0.717, 1.165) is 6.42 Å². The highest BCUT2D eigenvalue weighted by Gasteiger charge is 2.19. The fourth-order valence-electron chi connectivity index (χ4n) is 2.57. The third-order valence-electron chi connectivity index (χ3n) is 3.43. The molecule has 4 heteroatoms. The van der Waals surface area contributed by atoms with Gasteiger partial charge in [-0.2, -0.15) is 10.5 Å². The summed E-state index contributed by atoms with van der Waals surface area (Å²) in [6.07, 6.45) is 0.804. The Balaban J connectivity index is 1.87. The van der Waals surface area contributed by atoms with Crippen LogP contribution >= 0.6 is 0 Å². The van der Waals surface area contributed by atoms with Crippen molar-refractivity contribution in [2.45, 2.75) is 6.42 Å². The van der Waals surface area contributed by atoms with Crippen molar-refractivity contribution >= 4 is 0 Å². The van der Waals surface area contributed by atoms with E-state index >= 15 is 0 Å². The van der Waals surface area contributed by atoms with Crippen LogP contribution in [0.25, 0.3) is 11.1 Å². The first-order valence-corrected chi connectivity index (χ1v) is 6.57. The second-order valence-electron chi connectivity index (χ2n) is 4.71. The average Bonchev–Trinajstić information content (AvgIpc) is 2.87. The summed E-state index contributed by atoms with van der Waals surface area (Å²) in [6, 6.07) is 15.7. The molecule has 0 unspecified atom stereocenters. The molecule has 4 nitrogen and oxygen atoms in total. The molecule has 0 amide bonds. The normalized spacial score (nSPS) is 11.0. The molecule has 2 aromatic rings. The number of rotatable bonds is 4. The van der Waals surface area contributed by atoms with Gasteiger partial charge in [0, 0.05) is 0 Å². The maximum absolute atomic E-state index is 8.55. The third kappa shape index (κ3) is 2.52. The molecule has 0 saturated carbocycles. The molecule has 0 radical (unpaired) electrons. The maximum Gasteiger partial charge on any atom is 0.174 e. The Labute approximate surface area is 122 Å².